The quantitative estimate of drug-likeness (QED) is 0.924. The highest BCUT2D eigenvalue weighted by molar-refractivity contribution is 7.08. The number of nitrogens with one attached hydrogen (secondary N) is 1. The normalized spacial score (nSPS) is 10.1. The van der Waals surface area contributed by atoms with Gasteiger partial charge in [-0.05, 0) is 11.4 Å². The third-order valence-electron chi connectivity index (χ3n) is 2.38. The van der Waals surface area contributed by atoms with Crippen LogP contribution in [0.3, 0.4) is 0 Å². The molecule has 0 aliphatic carbocycles. The Morgan fingerprint density at radius 1 is 1.47 bits per heavy atom. The summed E-state index contributed by atoms with van der Waals surface area (Å²) in [6.45, 7) is 0. The van der Waals surface area contributed by atoms with E-state index in [9.17, 15) is 4.79 Å². The van der Waals surface area contributed by atoms with E-state index in [-0.39, 0.29) is 11.9 Å². The summed E-state index contributed by atoms with van der Waals surface area (Å²) in [5.74, 6) is 0.411. The fourth-order valence-electron chi connectivity index (χ4n) is 1.47. The first-order chi connectivity index (χ1) is 9.11. The number of carbonyl (C=O) groups excluding carboxylic acids is 1. The SMILES string of the molecule is COc1ncc(NC(=O)c2ccsc2)c(N(C)C)n1. The molecule has 2 heterocycles. The lowest BCUT2D eigenvalue weighted by atomic mass is 10.3. The lowest BCUT2D eigenvalue weighted by molar-refractivity contribution is 0.102. The molecule has 2 aromatic heterocycles. The fourth-order valence-corrected chi connectivity index (χ4v) is 2.11. The van der Waals surface area contributed by atoms with Crippen molar-refractivity contribution in [1.29, 1.82) is 0 Å². The number of nitrogens with zero attached hydrogens (tertiary/aromatic N) is 3. The number of ether oxygens (including phenoxy) is 1. The van der Waals surface area contributed by atoms with Crippen molar-refractivity contribution in [2.75, 3.05) is 31.4 Å². The molecule has 0 fully saturated rings. The lowest BCUT2D eigenvalue weighted by Gasteiger charge is -2.16. The Labute approximate surface area is 115 Å². The highest BCUT2D eigenvalue weighted by atomic mass is 32.1. The van der Waals surface area contributed by atoms with E-state index in [1.807, 2.05) is 19.5 Å². The van der Waals surface area contributed by atoms with E-state index < -0.39 is 0 Å². The molecule has 2 rings (SSSR count). The summed E-state index contributed by atoms with van der Waals surface area (Å²) in [6, 6.07) is 2.02. The van der Waals surface area contributed by atoms with E-state index in [4.69, 9.17) is 4.74 Å². The maximum atomic E-state index is 12.0. The number of anilines is 2. The molecule has 0 radical (unpaired) electrons. The molecule has 0 saturated carbocycles. The van der Waals surface area contributed by atoms with Gasteiger partial charge < -0.3 is 15.0 Å². The summed E-state index contributed by atoms with van der Waals surface area (Å²) in [4.78, 5) is 22.0. The fraction of sp³-hybridized carbons (Fsp3) is 0.250. The molecule has 7 heteroatoms. The number of amides is 1. The van der Waals surface area contributed by atoms with Gasteiger partial charge in [-0.15, -0.1) is 0 Å². The van der Waals surface area contributed by atoms with Gasteiger partial charge in [-0.25, -0.2) is 4.98 Å². The zero-order valence-electron chi connectivity index (χ0n) is 10.9. The molecule has 0 aliphatic heterocycles. The second-order valence-corrected chi connectivity index (χ2v) is 4.73. The highest BCUT2D eigenvalue weighted by Gasteiger charge is 2.13. The van der Waals surface area contributed by atoms with E-state index >= 15 is 0 Å². The number of thiophene rings is 1. The van der Waals surface area contributed by atoms with Gasteiger partial charge in [0.25, 0.3) is 5.91 Å². The maximum absolute atomic E-state index is 12.0. The molecule has 0 atom stereocenters. The van der Waals surface area contributed by atoms with E-state index in [1.54, 1.807) is 16.3 Å². The van der Waals surface area contributed by atoms with Crippen LogP contribution >= 0.6 is 11.3 Å². The van der Waals surface area contributed by atoms with Gasteiger partial charge in [-0.3, -0.25) is 4.79 Å². The van der Waals surface area contributed by atoms with Crippen LogP contribution in [0.15, 0.2) is 23.0 Å². The smallest absolute Gasteiger partial charge is 0.318 e. The number of hydrogen-bond donors (Lipinski definition) is 1. The summed E-state index contributed by atoms with van der Waals surface area (Å²) in [5.41, 5.74) is 1.16. The van der Waals surface area contributed by atoms with Crippen molar-refractivity contribution in [3.8, 4) is 6.01 Å². The summed E-state index contributed by atoms with van der Waals surface area (Å²) in [7, 11) is 5.17. The van der Waals surface area contributed by atoms with Gasteiger partial charge >= 0.3 is 6.01 Å². The minimum absolute atomic E-state index is 0.182. The molecule has 2 aromatic rings. The second kappa shape index (κ2) is 5.66. The minimum atomic E-state index is -0.182. The molecule has 0 bridgehead atoms. The van der Waals surface area contributed by atoms with Crippen molar-refractivity contribution in [1.82, 2.24) is 9.97 Å². The van der Waals surface area contributed by atoms with Crippen LogP contribution in [0.1, 0.15) is 10.4 Å². The third kappa shape index (κ3) is 3.00. The van der Waals surface area contributed by atoms with Crippen LogP contribution in [0.2, 0.25) is 0 Å². The molecule has 0 unspecified atom stereocenters. The van der Waals surface area contributed by atoms with Crippen molar-refractivity contribution in [3.05, 3.63) is 28.6 Å². The lowest BCUT2D eigenvalue weighted by Crippen LogP contribution is -2.18. The van der Waals surface area contributed by atoms with Gasteiger partial charge in [0.2, 0.25) is 0 Å². The molecule has 19 heavy (non-hydrogen) atoms. The Hall–Kier alpha value is -2.15. The van der Waals surface area contributed by atoms with Crippen LogP contribution in [0.5, 0.6) is 6.01 Å². The van der Waals surface area contributed by atoms with Crippen LogP contribution < -0.4 is 15.0 Å². The van der Waals surface area contributed by atoms with E-state index in [1.165, 1.54) is 24.6 Å². The van der Waals surface area contributed by atoms with Crippen molar-refractivity contribution < 1.29 is 9.53 Å². The number of rotatable bonds is 4. The third-order valence-corrected chi connectivity index (χ3v) is 3.07. The Bertz CT molecular complexity index is 569. The van der Waals surface area contributed by atoms with Crippen LogP contribution in [0.25, 0.3) is 0 Å². The molecule has 1 amide bonds. The van der Waals surface area contributed by atoms with E-state index in [0.29, 0.717) is 17.1 Å². The molecular weight excluding hydrogens is 264 g/mol. The zero-order valence-corrected chi connectivity index (χ0v) is 11.7. The first kappa shape index (κ1) is 13.3. The average Bonchev–Trinajstić information content (AvgIpc) is 2.92. The van der Waals surface area contributed by atoms with E-state index in [2.05, 4.69) is 15.3 Å². The van der Waals surface area contributed by atoms with Crippen molar-refractivity contribution in [3.63, 3.8) is 0 Å². The molecule has 6 nitrogen and oxygen atoms in total. The van der Waals surface area contributed by atoms with Crippen LogP contribution in [-0.4, -0.2) is 37.1 Å². The van der Waals surface area contributed by atoms with Crippen LogP contribution in [0.4, 0.5) is 11.5 Å². The van der Waals surface area contributed by atoms with Crippen LogP contribution in [0, 0.1) is 0 Å². The maximum Gasteiger partial charge on any atom is 0.318 e. The first-order valence-electron chi connectivity index (χ1n) is 5.53. The van der Waals surface area contributed by atoms with E-state index in [0.717, 1.165) is 0 Å². The second-order valence-electron chi connectivity index (χ2n) is 3.95. The van der Waals surface area contributed by atoms with Crippen LogP contribution in [-0.2, 0) is 0 Å². The number of carbonyl (C=O) groups is 1. The Kier molecular flexibility index (Phi) is 3.96. The largest absolute Gasteiger partial charge is 0.467 e. The zero-order chi connectivity index (χ0) is 13.8. The van der Waals surface area contributed by atoms with Gasteiger partial charge in [0.1, 0.15) is 5.69 Å². The summed E-state index contributed by atoms with van der Waals surface area (Å²) in [5, 5.41) is 6.43. The molecule has 100 valence electrons. The Morgan fingerprint density at radius 2 is 2.26 bits per heavy atom. The van der Waals surface area contributed by atoms with Gasteiger partial charge in [0, 0.05) is 19.5 Å². The predicted octanol–water partition coefficient (Wildman–Crippen LogP) is 1.86. The van der Waals surface area contributed by atoms with Crippen molar-refractivity contribution in [2.45, 2.75) is 0 Å². The highest BCUT2D eigenvalue weighted by Crippen LogP contribution is 2.23. The topological polar surface area (TPSA) is 67.3 Å². The Morgan fingerprint density at radius 3 is 2.84 bits per heavy atom. The van der Waals surface area contributed by atoms with Crippen molar-refractivity contribution in [2.24, 2.45) is 0 Å². The molecule has 0 aromatic carbocycles. The number of aromatic nitrogens is 2. The first-order valence-corrected chi connectivity index (χ1v) is 6.48. The number of hydrogen-bond acceptors (Lipinski definition) is 6. The molecular formula is C12H14N4O2S. The number of methoxy groups -OCH3 is 1. The monoisotopic (exact) mass is 278 g/mol. The van der Waals surface area contributed by atoms with Gasteiger partial charge in [0.05, 0.1) is 18.9 Å². The van der Waals surface area contributed by atoms with Gasteiger partial charge in [-0.2, -0.15) is 16.3 Å². The molecule has 0 spiro atoms. The summed E-state index contributed by atoms with van der Waals surface area (Å²) < 4.78 is 4.98. The Balaban J connectivity index is 2.27. The predicted molar refractivity (Wildman–Crippen MR) is 75.2 cm³/mol. The molecule has 0 aliphatic rings. The summed E-state index contributed by atoms with van der Waals surface area (Å²) in [6.07, 6.45) is 1.53. The average molecular weight is 278 g/mol. The van der Waals surface area contributed by atoms with Gasteiger partial charge in [0.15, 0.2) is 5.82 Å². The minimum Gasteiger partial charge on any atom is -0.467 e. The summed E-state index contributed by atoms with van der Waals surface area (Å²) >= 11 is 1.47. The molecule has 0 saturated heterocycles. The molecule has 1 N–H and O–H groups in total. The van der Waals surface area contributed by atoms with Gasteiger partial charge in [-0.1, -0.05) is 0 Å². The standard InChI is InChI=1S/C12H14N4O2S/c1-16(2)10-9(6-13-12(15-10)18-3)14-11(17)8-4-5-19-7-8/h4-7H,1-3H3,(H,14,17). The van der Waals surface area contributed by atoms with Crippen molar-refractivity contribution >= 4 is 28.7 Å².